The Hall–Kier alpha value is -0.240. The Balaban J connectivity index is 1.84. The van der Waals surface area contributed by atoms with Crippen LogP contribution < -0.4 is 0 Å². The molecule has 136 valence electrons. The number of methoxy groups -OCH3 is 1. The molecule has 2 heterocycles. The van der Waals surface area contributed by atoms with Crippen molar-refractivity contribution in [2.75, 3.05) is 26.9 Å². The Bertz CT molecular complexity index is 393. The number of rotatable bonds is 9. The van der Waals surface area contributed by atoms with Crippen LogP contribution in [0.4, 0.5) is 0 Å². The maximum Gasteiger partial charge on any atom is 0.222 e. The van der Waals surface area contributed by atoms with Gasteiger partial charge in [0.25, 0.3) is 0 Å². The molecule has 0 aliphatic carbocycles. The lowest BCUT2D eigenvalue weighted by Crippen LogP contribution is -2.59. The molecular weight excluding hydrogens is 300 g/mol. The van der Waals surface area contributed by atoms with E-state index in [2.05, 4.69) is 6.92 Å². The molecule has 5 atom stereocenters. The van der Waals surface area contributed by atoms with E-state index >= 15 is 0 Å². The van der Waals surface area contributed by atoms with Crippen molar-refractivity contribution in [1.82, 2.24) is 0 Å². The predicted molar refractivity (Wildman–Crippen MR) is 85.1 cm³/mol. The van der Waals surface area contributed by atoms with E-state index in [9.17, 15) is 5.11 Å². The summed E-state index contributed by atoms with van der Waals surface area (Å²) >= 11 is 0. The summed E-state index contributed by atoms with van der Waals surface area (Å²) in [6.45, 7) is 5.45. The molecule has 0 aromatic rings. The monoisotopic (exact) mass is 333 g/mol. The zero-order valence-corrected chi connectivity index (χ0v) is 14.7. The van der Waals surface area contributed by atoms with Crippen molar-refractivity contribution in [2.24, 2.45) is 0 Å². The Labute approximate surface area is 140 Å². The van der Waals surface area contributed by atoms with Crippen molar-refractivity contribution in [2.45, 2.75) is 82.8 Å². The molecule has 0 spiro atoms. The maximum absolute atomic E-state index is 10.5. The van der Waals surface area contributed by atoms with Gasteiger partial charge in [0.05, 0.1) is 7.98 Å². The van der Waals surface area contributed by atoms with E-state index in [1.807, 2.05) is 0 Å². The van der Waals surface area contributed by atoms with E-state index in [1.165, 1.54) is 20.0 Å². The summed E-state index contributed by atoms with van der Waals surface area (Å²) in [7, 11) is 1.51. The third-order valence-corrected chi connectivity index (χ3v) is 4.41. The first-order valence-corrected chi connectivity index (χ1v) is 8.60. The third kappa shape index (κ3) is 4.65. The van der Waals surface area contributed by atoms with Gasteiger partial charge in [0.15, 0.2) is 5.79 Å². The standard InChI is InChI=1S/C17H32O6/c1-5-6-7-8-9-10-20-11-13-14(18)15-17(19-4,22-13)12-21-16(2,3)23-15/h13-15,18H,5-12H2,1-4H3/t13-,14-,15+,17?/m1/s1/i10D/t10?,13-,14-,15+,17?. The summed E-state index contributed by atoms with van der Waals surface area (Å²) in [5.41, 5.74) is 0. The van der Waals surface area contributed by atoms with Crippen molar-refractivity contribution < 1.29 is 30.2 Å². The first kappa shape index (κ1) is 17.6. The molecule has 2 rings (SSSR count). The molecule has 2 saturated heterocycles. The zero-order chi connectivity index (χ0) is 17.8. The predicted octanol–water partition coefficient (Wildman–Crippen LogP) is 2.23. The molecule has 2 unspecified atom stereocenters. The van der Waals surface area contributed by atoms with Gasteiger partial charge in [-0.2, -0.15) is 0 Å². The Morgan fingerprint density at radius 3 is 2.65 bits per heavy atom. The van der Waals surface area contributed by atoms with Crippen molar-refractivity contribution in [3.05, 3.63) is 0 Å². The van der Waals surface area contributed by atoms with Crippen molar-refractivity contribution in [1.29, 1.82) is 0 Å². The zero-order valence-electron chi connectivity index (χ0n) is 15.7. The van der Waals surface area contributed by atoms with Gasteiger partial charge in [0.1, 0.15) is 24.9 Å². The number of hydrogen-bond acceptors (Lipinski definition) is 6. The minimum absolute atomic E-state index is 0.133. The van der Waals surface area contributed by atoms with Crippen LogP contribution in [-0.4, -0.2) is 61.9 Å². The number of unbranched alkanes of at least 4 members (excludes halogenated alkanes) is 3. The number of aliphatic hydroxyl groups is 1. The minimum atomic E-state index is -1.12. The molecule has 0 aromatic heterocycles. The molecule has 0 aromatic carbocycles. The van der Waals surface area contributed by atoms with Crippen LogP contribution in [-0.2, 0) is 23.7 Å². The number of fused-ring (bicyclic) bond motifs is 1. The first-order chi connectivity index (χ1) is 11.3. The van der Waals surface area contributed by atoms with Crippen LogP contribution >= 0.6 is 0 Å². The van der Waals surface area contributed by atoms with Gasteiger partial charge in [-0.1, -0.05) is 32.6 Å². The van der Waals surface area contributed by atoms with Crippen LogP contribution in [0.25, 0.3) is 0 Å². The molecule has 23 heavy (non-hydrogen) atoms. The van der Waals surface area contributed by atoms with Gasteiger partial charge in [0, 0.05) is 13.7 Å². The number of aliphatic hydroxyl groups excluding tert-OH is 1. The summed E-state index contributed by atoms with van der Waals surface area (Å²) in [5, 5.41) is 10.5. The Morgan fingerprint density at radius 1 is 1.22 bits per heavy atom. The van der Waals surface area contributed by atoms with Gasteiger partial charge in [-0.15, -0.1) is 0 Å². The van der Waals surface area contributed by atoms with Crippen LogP contribution in [0.15, 0.2) is 0 Å². The van der Waals surface area contributed by atoms with Crippen LogP contribution in [0, 0.1) is 0 Å². The molecule has 6 nitrogen and oxygen atoms in total. The van der Waals surface area contributed by atoms with E-state index < -0.39 is 36.5 Å². The van der Waals surface area contributed by atoms with Gasteiger partial charge in [0.2, 0.25) is 5.79 Å². The highest BCUT2D eigenvalue weighted by atomic mass is 16.8. The van der Waals surface area contributed by atoms with Gasteiger partial charge < -0.3 is 28.8 Å². The lowest BCUT2D eigenvalue weighted by Gasteiger charge is -2.44. The summed E-state index contributed by atoms with van der Waals surface area (Å²) in [6.07, 6.45) is 3.00. The molecular formula is C17H32O6. The lowest BCUT2D eigenvalue weighted by molar-refractivity contribution is -0.384. The fourth-order valence-corrected chi connectivity index (χ4v) is 2.99. The minimum Gasteiger partial charge on any atom is -0.387 e. The normalized spacial score (nSPS) is 38.1. The molecule has 6 heteroatoms. The Kier molecular flexibility index (Phi) is 6.29. The molecule has 0 amide bonds. The lowest BCUT2D eigenvalue weighted by atomic mass is 10.0. The van der Waals surface area contributed by atoms with Gasteiger partial charge in [-0.3, -0.25) is 0 Å². The SMILES string of the molecule is [2H]C(CCCCCC)OC[C@H]1OC2(OC)COC(C)(C)O[C@H]2[C@@H]1O. The quantitative estimate of drug-likeness (QED) is 0.653. The average Bonchev–Trinajstić information content (AvgIpc) is 2.82. The molecule has 2 fully saturated rings. The third-order valence-electron chi connectivity index (χ3n) is 4.41. The molecule has 2 aliphatic heterocycles. The second kappa shape index (κ2) is 8.23. The highest BCUT2D eigenvalue weighted by Crippen LogP contribution is 2.41. The van der Waals surface area contributed by atoms with Crippen LogP contribution in [0.2, 0.25) is 0 Å². The molecule has 0 radical (unpaired) electrons. The van der Waals surface area contributed by atoms with Crippen molar-refractivity contribution in [3.8, 4) is 0 Å². The molecule has 1 N–H and O–H groups in total. The van der Waals surface area contributed by atoms with Gasteiger partial charge in [-0.25, -0.2) is 0 Å². The number of hydrogen-bond donors (Lipinski definition) is 1. The fraction of sp³-hybridized carbons (Fsp3) is 1.00. The van der Waals surface area contributed by atoms with E-state index in [0.29, 0.717) is 6.42 Å². The number of ether oxygens (including phenoxy) is 5. The molecule has 0 bridgehead atoms. The highest BCUT2D eigenvalue weighted by Gasteiger charge is 2.61. The summed E-state index contributed by atoms with van der Waals surface area (Å²) in [4.78, 5) is 0. The fourth-order valence-electron chi connectivity index (χ4n) is 2.99. The molecule has 2 aliphatic rings. The second-order valence-electron chi connectivity index (χ2n) is 6.74. The molecule has 0 saturated carbocycles. The van der Waals surface area contributed by atoms with E-state index in [-0.39, 0.29) is 13.2 Å². The van der Waals surface area contributed by atoms with E-state index in [4.69, 9.17) is 25.1 Å². The topological polar surface area (TPSA) is 66.4 Å². The maximum atomic E-state index is 10.5. The van der Waals surface area contributed by atoms with Crippen LogP contribution in [0.5, 0.6) is 0 Å². The van der Waals surface area contributed by atoms with Crippen LogP contribution in [0.3, 0.4) is 0 Å². The van der Waals surface area contributed by atoms with Gasteiger partial charge >= 0.3 is 0 Å². The first-order valence-electron chi connectivity index (χ1n) is 9.18. The van der Waals surface area contributed by atoms with Crippen molar-refractivity contribution in [3.63, 3.8) is 0 Å². The summed E-state index contributed by atoms with van der Waals surface area (Å²) < 4.78 is 36.3. The van der Waals surface area contributed by atoms with Gasteiger partial charge in [-0.05, 0) is 20.3 Å². The summed E-state index contributed by atoms with van der Waals surface area (Å²) in [6, 6.07) is 0. The Morgan fingerprint density at radius 2 is 1.96 bits per heavy atom. The average molecular weight is 333 g/mol. The van der Waals surface area contributed by atoms with E-state index in [0.717, 1.165) is 12.8 Å². The summed E-state index contributed by atoms with van der Waals surface area (Å²) in [5.74, 6) is -1.92. The van der Waals surface area contributed by atoms with Crippen LogP contribution in [0.1, 0.15) is 54.2 Å². The second-order valence-corrected chi connectivity index (χ2v) is 6.74. The van der Waals surface area contributed by atoms with Crippen molar-refractivity contribution >= 4 is 0 Å². The van der Waals surface area contributed by atoms with E-state index in [1.54, 1.807) is 13.8 Å². The largest absolute Gasteiger partial charge is 0.387 e. The smallest absolute Gasteiger partial charge is 0.222 e. The highest BCUT2D eigenvalue weighted by molar-refractivity contribution is 5.00.